The number of benzene rings is 2. The zero-order chi connectivity index (χ0) is 22.7. The normalized spacial score (nSPS) is 20.2. The lowest BCUT2D eigenvalue weighted by atomic mass is 10.0. The number of H-pyrrole nitrogens is 1. The maximum Gasteiger partial charge on any atom is 0.272 e. The molecule has 6 rings (SSSR count). The molecule has 3 aliphatic rings. The molecule has 2 aliphatic heterocycles. The average molecular weight is 442 g/mol. The first-order valence-corrected chi connectivity index (χ1v) is 11.2. The average Bonchev–Trinajstić information content (AvgIpc) is 3.48. The molecule has 166 valence electrons. The number of aromatic nitrogens is 1. The van der Waals surface area contributed by atoms with E-state index < -0.39 is 11.9 Å². The van der Waals surface area contributed by atoms with Gasteiger partial charge in [-0.15, -0.1) is 0 Å². The van der Waals surface area contributed by atoms with E-state index in [2.05, 4.69) is 27.8 Å². The molecule has 0 bridgehead atoms. The van der Waals surface area contributed by atoms with Gasteiger partial charge in [0, 0.05) is 35.1 Å². The van der Waals surface area contributed by atoms with Gasteiger partial charge in [-0.2, -0.15) is 0 Å². The van der Waals surface area contributed by atoms with Gasteiger partial charge in [-0.25, -0.2) is 0 Å². The lowest BCUT2D eigenvalue weighted by molar-refractivity contribution is -0.136. The van der Waals surface area contributed by atoms with Crippen molar-refractivity contribution in [2.45, 2.75) is 44.2 Å². The first-order valence-electron chi connectivity index (χ1n) is 11.2. The number of nitrogens with zero attached hydrogens (tertiary/aromatic N) is 1. The van der Waals surface area contributed by atoms with E-state index in [4.69, 9.17) is 0 Å². The molecule has 1 atom stereocenters. The zero-order valence-corrected chi connectivity index (χ0v) is 17.8. The summed E-state index contributed by atoms with van der Waals surface area (Å²) in [6, 6.07) is 12.6. The maximum atomic E-state index is 12.9. The van der Waals surface area contributed by atoms with Crippen molar-refractivity contribution in [2.24, 2.45) is 0 Å². The van der Waals surface area contributed by atoms with Crippen molar-refractivity contribution in [3.63, 3.8) is 0 Å². The van der Waals surface area contributed by atoms with Gasteiger partial charge in [-0.3, -0.25) is 24.5 Å². The topological polar surface area (TPSA) is 111 Å². The summed E-state index contributed by atoms with van der Waals surface area (Å²) in [6.45, 7) is 0.264. The second-order valence-corrected chi connectivity index (χ2v) is 9.03. The Hall–Kier alpha value is -3.94. The van der Waals surface area contributed by atoms with E-state index in [1.54, 1.807) is 18.2 Å². The molecule has 8 heteroatoms. The predicted octanol–water partition coefficient (Wildman–Crippen LogP) is 3.06. The van der Waals surface area contributed by atoms with Crippen molar-refractivity contribution < 1.29 is 19.2 Å². The van der Waals surface area contributed by atoms with Crippen LogP contribution in [0.5, 0.6) is 0 Å². The summed E-state index contributed by atoms with van der Waals surface area (Å²) < 4.78 is 0. The van der Waals surface area contributed by atoms with Crippen LogP contribution >= 0.6 is 0 Å². The Morgan fingerprint density at radius 3 is 2.64 bits per heavy atom. The standard InChI is InChI=1S/C25H22N4O4/c30-22-8-7-21(24(32)28-22)29-12-16-10-17(4-5-18(16)25(29)33)26-23(31)20-11-15-9-14(13-1-2-13)3-6-19(15)27-20/h3-6,9-11,13,21,27H,1-2,7-8,12H2,(H,26,31)(H,28,30,32). The molecule has 2 aromatic carbocycles. The number of aromatic amines is 1. The van der Waals surface area contributed by atoms with Crippen LogP contribution < -0.4 is 10.6 Å². The molecule has 1 aliphatic carbocycles. The largest absolute Gasteiger partial charge is 0.351 e. The molecule has 1 aromatic heterocycles. The Balaban J connectivity index is 1.19. The molecule has 8 nitrogen and oxygen atoms in total. The minimum atomic E-state index is -0.660. The Bertz CT molecular complexity index is 1350. The first-order chi connectivity index (χ1) is 16.0. The molecule has 33 heavy (non-hydrogen) atoms. The summed E-state index contributed by atoms with van der Waals surface area (Å²) in [4.78, 5) is 54.0. The van der Waals surface area contributed by atoms with Crippen LogP contribution in [0.15, 0.2) is 42.5 Å². The van der Waals surface area contributed by atoms with Crippen LogP contribution in [0.1, 0.15) is 63.6 Å². The molecule has 1 saturated carbocycles. The lowest BCUT2D eigenvalue weighted by Crippen LogP contribution is -2.52. The molecular weight excluding hydrogens is 420 g/mol. The Morgan fingerprint density at radius 2 is 1.85 bits per heavy atom. The summed E-state index contributed by atoms with van der Waals surface area (Å²) in [6.07, 6.45) is 2.98. The number of fused-ring (bicyclic) bond motifs is 2. The monoisotopic (exact) mass is 442 g/mol. The Labute approximate surface area is 189 Å². The van der Waals surface area contributed by atoms with E-state index in [-0.39, 0.29) is 30.7 Å². The number of rotatable bonds is 4. The SMILES string of the molecule is O=C1CCC(N2Cc3cc(NC(=O)c4cc5cc(C6CC6)ccc5[nH]4)ccc3C2=O)C(=O)N1. The molecule has 3 aromatic rings. The van der Waals surface area contributed by atoms with Crippen LogP contribution in [0, 0.1) is 0 Å². The van der Waals surface area contributed by atoms with Gasteiger partial charge >= 0.3 is 0 Å². The van der Waals surface area contributed by atoms with E-state index in [0.717, 1.165) is 16.5 Å². The van der Waals surface area contributed by atoms with Crippen LogP contribution in [-0.2, 0) is 16.1 Å². The van der Waals surface area contributed by atoms with Crippen molar-refractivity contribution >= 4 is 40.2 Å². The summed E-state index contributed by atoms with van der Waals surface area (Å²) in [5.41, 5.74) is 4.54. The van der Waals surface area contributed by atoms with E-state index >= 15 is 0 Å². The molecule has 0 spiro atoms. The summed E-state index contributed by atoms with van der Waals surface area (Å²) in [7, 11) is 0. The third-order valence-electron chi connectivity index (χ3n) is 6.72. The number of amides is 4. The van der Waals surface area contributed by atoms with Gasteiger partial charge in [-0.05, 0) is 72.7 Å². The van der Waals surface area contributed by atoms with Crippen molar-refractivity contribution in [3.05, 3.63) is 64.8 Å². The number of hydrogen-bond acceptors (Lipinski definition) is 4. The highest BCUT2D eigenvalue weighted by atomic mass is 16.2. The third kappa shape index (κ3) is 3.47. The Kier molecular flexibility index (Phi) is 4.36. The molecule has 1 unspecified atom stereocenters. The van der Waals surface area contributed by atoms with Crippen molar-refractivity contribution in [1.82, 2.24) is 15.2 Å². The van der Waals surface area contributed by atoms with E-state index in [0.29, 0.717) is 29.3 Å². The highest BCUT2D eigenvalue weighted by molar-refractivity contribution is 6.08. The molecule has 0 radical (unpaired) electrons. The van der Waals surface area contributed by atoms with Gasteiger partial charge < -0.3 is 15.2 Å². The van der Waals surface area contributed by atoms with E-state index in [1.807, 2.05) is 12.1 Å². The van der Waals surface area contributed by atoms with Crippen molar-refractivity contribution in [1.29, 1.82) is 0 Å². The number of carbonyl (C=O) groups excluding carboxylic acids is 4. The molecular formula is C25H22N4O4. The van der Waals surface area contributed by atoms with Gasteiger partial charge in [-0.1, -0.05) is 6.07 Å². The highest BCUT2D eigenvalue weighted by Gasteiger charge is 2.39. The van der Waals surface area contributed by atoms with E-state index in [1.165, 1.54) is 23.3 Å². The van der Waals surface area contributed by atoms with Gasteiger partial charge in [0.25, 0.3) is 11.8 Å². The molecule has 3 heterocycles. The number of hydrogen-bond donors (Lipinski definition) is 3. The summed E-state index contributed by atoms with van der Waals surface area (Å²) >= 11 is 0. The number of carbonyl (C=O) groups is 4. The van der Waals surface area contributed by atoms with E-state index in [9.17, 15) is 19.2 Å². The quantitative estimate of drug-likeness (QED) is 0.539. The first kappa shape index (κ1) is 19.7. The summed E-state index contributed by atoms with van der Waals surface area (Å²) in [5, 5.41) is 6.22. The van der Waals surface area contributed by atoms with Crippen molar-refractivity contribution in [3.8, 4) is 0 Å². The van der Waals surface area contributed by atoms with Gasteiger partial charge in [0.2, 0.25) is 11.8 Å². The zero-order valence-electron chi connectivity index (χ0n) is 17.8. The minimum Gasteiger partial charge on any atom is -0.351 e. The van der Waals surface area contributed by atoms with Crippen LogP contribution in [0.3, 0.4) is 0 Å². The van der Waals surface area contributed by atoms with Crippen LogP contribution in [0.25, 0.3) is 10.9 Å². The molecule has 4 amide bonds. The molecule has 2 fully saturated rings. The third-order valence-corrected chi connectivity index (χ3v) is 6.72. The highest BCUT2D eigenvalue weighted by Crippen LogP contribution is 2.41. The number of anilines is 1. The van der Waals surface area contributed by atoms with Crippen molar-refractivity contribution in [2.75, 3.05) is 5.32 Å². The van der Waals surface area contributed by atoms with Crippen LogP contribution in [0.4, 0.5) is 5.69 Å². The minimum absolute atomic E-state index is 0.213. The second kappa shape index (κ2) is 7.30. The Morgan fingerprint density at radius 1 is 1.00 bits per heavy atom. The number of nitrogens with one attached hydrogen (secondary N) is 3. The second-order valence-electron chi connectivity index (χ2n) is 9.03. The van der Waals surface area contributed by atoms with Crippen LogP contribution in [-0.4, -0.2) is 39.6 Å². The van der Waals surface area contributed by atoms with Crippen LogP contribution in [0.2, 0.25) is 0 Å². The summed E-state index contributed by atoms with van der Waals surface area (Å²) in [5.74, 6) is -0.601. The lowest BCUT2D eigenvalue weighted by Gasteiger charge is -2.29. The van der Waals surface area contributed by atoms with Gasteiger partial charge in [0.15, 0.2) is 0 Å². The molecule has 1 saturated heterocycles. The number of piperidine rings is 1. The number of imide groups is 1. The fraction of sp³-hybridized carbons (Fsp3) is 0.280. The molecule has 3 N–H and O–H groups in total. The smallest absolute Gasteiger partial charge is 0.272 e. The fourth-order valence-corrected chi connectivity index (χ4v) is 4.79. The van der Waals surface area contributed by atoms with Gasteiger partial charge in [0.1, 0.15) is 11.7 Å². The fourth-order valence-electron chi connectivity index (χ4n) is 4.79. The predicted molar refractivity (Wildman–Crippen MR) is 121 cm³/mol. The maximum absolute atomic E-state index is 12.9. The van der Waals surface area contributed by atoms with Gasteiger partial charge in [0.05, 0.1) is 0 Å².